The molecule has 6 heteroatoms. The van der Waals surface area contributed by atoms with Gasteiger partial charge >= 0.3 is 0 Å². The lowest BCUT2D eigenvalue weighted by Gasteiger charge is -2.11. The minimum atomic E-state index is -0.335. The van der Waals surface area contributed by atoms with Crippen LogP contribution < -0.4 is 10.9 Å². The van der Waals surface area contributed by atoms with Crippen molar-refractivity contribution in [2.24, 2.45) is 0 Å². The molecule has 0 radical (unpaired) electrons. The molecular weight excluding hydrogens is 307 g/mol. The molecule has 0 aliphatic heterocycles. The lowest BCUT2D eigenvalue weighted by Crippen LogP contribution is -2.29. The standard InChI is InChI=1S/C13H9Cl3N2O/c14-9-4-1-3-8(7-9)13(19)18-17-12-10(15)5-2-6-11(12)16/h1-7,17H,(H,18,19). The lowest BCUT2D eigenvalue weighted by atomic mass is 10.2. The molecule has 2 rings (SSSR count). The van der Waals surface area contributed by atoms with Gasteiger partial charge < -0.3 is 0 Å². The largest absolute Gasteiger partial charge is 0.295 e. The summed E-state index contributed by atoms with van der Waals surface area (Å²) in [5.74, 6) is -0.335. The fourth-order valence-electron chi connectivity index (χ4n) is 1.44. The molecule has 0 saturated carbocycles. The molecule has 0 heterocycles. The molecule has 0 spiro atoms. The molecule has 2 N–H and O–H groups in total. The third-order valence-corrected chi connectivity index (χ3v) is 3.22. The second kappa shape index (κ2) is 6.15. The summed E-state index contributed by atoms with van der Waals surface area (Å²) in [5, 5.41) is 1.32. The van der Waals surface area contributed by atoms with Crippen molar-refractivity contribution in [2.75, 3.05) is 5.43 Å². The summed E-state index contributed by atoms with van der Waals surface area (Å²) in [5.41, 5.74) is 6.08. The van der Waals surface area contributed by atoms with E-state index in [1.165, 1.54) is 0 Å². The minimum Gasteiger partial charge on any atom is -0.295 e. The van der Waals surface area contributed by atoms with Crippen LogP contribution in [0, 0.1) is 0 Å². The number of hydrogen-bond acceptors (Lipinski definition) is 2. The Bertz CT molecular complexity index is 596. The van der Waals surface area contributed by atoms with Crippen molar-refractivity contribution < 1.29 is 4.79 Å². The van der Waals surface area contributed by atoms with Crippen LogP contribution in [0.2, 0.25) is 15.1 Å². The first-order chi connectivity index (χ1) is 9.08. The molecule has 0 bridgehead atoms. The van der Waals surface area contributed by atoms with Crippen molar-refractivity contribution >= 4 is 46.4 Å². The van der Waals surface area contributed by atoms with Gasteiger partial charge in [-0.1, -0.05) is 46.9 Å². The number of para-hydroxylation sites is 1. The van der Waals surface area contributed by atoms with E-state index in [4.69, 9.17) is 34.8 Å². The zero-order valence-corrected chi connectivity index (χ0v) is 11.9. The van der Waals surface area contributed by atoms with Crippen LogP contribution in [0.1, 0.15) is 10.4 Å². The predicted octanol–water partition coefficient (Wildman–Crippen LogP) is 4.40. The van der Waals surface area contributed by atoms with Gasteiger partial charge in [-0.3, -0.25) is 15.6 Å². The van der Waals surface area contributed by atoms with Crippen molar-refractivity contribution in [3.05, 3.63) is 63.1 Å². The highest BCUT2D eigenvalue weighted by atomic mass is 35.5. The molecule has 1 amide bonds. The molecule has 0 atom stereocenters. The quantitative estimate of drug-likeness (QED) is 0.824. The summed E-state index contributed by atoms with van der Waals surface area (Å²) in [6.07, 6.45) is 0. The van der Waals surface area contributed by atoms with E-state index in [0.29, 0.717) is 26.3 Å². The number of hydrogen-bond donors (Lipinski definition) is 2. The van der Waals surface area contributed by atoms with Crippen LogP contribution in [-0.4, -0.2) is 5.91 Å². The lowest BCUT2D eigenvalue weighted by molar-refractivity contribution is 0.0962. The van der Waals surface area contributed by atoms with Gasteiger partial charge in [0, 0.05) is 10.6 Å². The topological polar surface area (TPSA) is 41.1 Å². The number of rotatable bonds is 3. The Hall–Kier alpha value is -1.42. The number of nitrogens with one attached hydrogen (secondary N) is 2. The van der Waals surface area contributed by atoms with E-state index in [9.17, 15) is 4.79 Å². The average Bonchev–Trinajstić information content (AvgIpc) is 2.38. The maximum atomic E-state index is 11.9. The Balaban J connectivity index is 2.09. The zero-order valence-electron chi connectivity index (χ0n) is 9.58. The fourth-order valence-corrected chi connectivity index (χ4v) is 2.12. The summed E-state index contributed by atoms with van der Waals surface area (Å²) >= 11 is 17.7. The molecule has 98 valence electrons. The smallest absolute Gasteiger partial charge is 0.269 e. The number of hydrazine groups is 1. The number of carbonyl (C=O) groups excluding carboxylic acids is 1. The number of amides is 1. The van der Waals surface area contributed by atoms with E-state index >= 15 is 0 Å². The molecule has 0 unspecified atom stereocenters. The van der Waals surface area contributed by atoms with E-state index in [0.717, 1.165) is 0 Å². The van der Waals surface area contributed by atoms with Gasteiger partial charge in [0.05, 0.1) is 15.7 Å². The number of anilines is 1. The Labute approximate surface area is 125 Å². The second-order valence-electron chi connectivity index (χ2n) is 3.69. The maximum absolute atomic E-state index is 11.9. The normalized spacial score (nSPS) is 10.1. The molecule has 0 aliphatic rings. The third kappa shape index (κ3) is 3.53. The first kappa shape index (κ1) is 14.0. The van der Waals surface area contributed by atoms with Gasteiger partial charge in [-0.2, -0.15) is 0 Å². The summed E-state index contributed by atoms with van der Waals surface area (Å²) in [6, 6.07) is 11.7. The highest BCUT2D eigenvalue weighted by molar-refractivity contribution is 6.39. The summed E-state index contributed by atoms with van der Waals surface area (Å²) in [6.45, 7) is 0. The molecular formula is C13H9Cl3N2O. The third-order valence-electron chi connectivity index (χ3n) is 2.35. The van der Waals surface area contributed by atoms with Crippen LogP contribution in [0.4, 0.5) is 5.69 Å². The highest BCUT2D eigenvalue weighted by Gasteiger charge is 2.08. The summed E-state index contributed by atoms with van der Waals surface area (Å²) < 4.78 is 0. The Morgan fingerprint density at radius 3 is 2.21 bits per heavy atom. The number of halogens is 3. The van der Waals surface area contributed by atoms with Crippen molar-refractivity contribution in [1.82, 2.24) is 5.43 Å². The van der Waals surface area contributed by atoms with Gasteiger partial charge in [0.15, 0.2) is 0 Å². The van der Waals surface area contributed by atoms with Crippen molar-refractivity contribution in [3.8, 4) is 0 Å². The molecule has 3 nitrogen and oxygen atoms in total. The fraction of sp³-hybridized carbons (Fsp3) is 0. The summed E-state index contributed by atoms with van der Waals surface area (Å²) in [4.78, 5) is 11.9. The number of benzene rings is 2. The van der Waals surface area contributed by atoms with Crippen molar-refractivity contribution in [2.45, 2.75) is 0 Å². The van der Waals surface area contributed by atoms with Crippen LogP contribution >= 0.6 is 34.8 Å². The Morgan fingerprint density at radius 1 is 0.947 bits per heavy atom. The molecule has 0 aromatic heterocycles. The molecule has 2 aromatic rings. The van der Waals surface area contributed by atoms with Crippen molar-refractivity contribution in [3.63, 3.8) is 0 Å². The molecule has 0 aliphatic carbocycles. The number of carbonyl (C=O) groups is 1. The van der Waals surface area contributed by atoms with Crippen LogP contribution in [0.25, 0.3) is 0 Å². The zero-order chi connectivity index (χ0) is 13.8. The highest BCUT2D eigenvalue weighted by Crippen LogP contribution is 2.29. The van der Waals surface area contributed by atoms with Gasteiger partial charge in [-0.25, -0.2) is 0 Å². The van der Waals surface area contributed by atoms with E-state index in [-0.39, 0.29) is 5.91 Å². The van der Waals surface area contributed by atoms with Crippen LogP contribution in [0.5, 0.6) is 0 Å². The van der Waals surface area contributed by atoms with Crippen LogP contribution in [-0.2, 0) is 0 Å². The van der Waals surface area contributed by atoms with Gasteiger partial charge in [-0.05, 0) is 30.3 Å². The Morgan fingerprint density at radius 2 is 1.58 bits per heavy atom. The minimum absolute atomic E-state index is 0.335. The van der Waals surface area contributed by atoms with E-state index < -0.39 is 0 Å². The van der Waals surface area contributed by atoms with Crippen LogP contribution in [0.15, 0.2) is 42.5 Å². The Kier molecular flexibility index (Phi) is 4.53. The van der Waals surface area contributed by atoms with E-state index in [2.05, 4.69) is 10.9 Å². The van der Waals surface area contributed by atoms with Crippen LogP contribution in [0.3, 0.4) is 0 Å². The molecule has 0 saturated heterocycles. The van der Waals surface area contributed by atoms with E-state index in [1.54, 1.807) is 42.5 Å². The van der Waals surface area contributed by atoms with Gasteiger partial charge in [0.1, 0.15) is 0 Å². The maximum Gasteiger partial charge on any atom is 0.269 e. The van der Waals surface area contributed by atoms with Gasteiger partial charge in [0.25, 0.3) is 5.91 Å². The summed E-state index contributed by atoms with van der Waals surface area (Å²) in [7, 11) is 0. The SMILES string of the molecule is O=C(NNc1c(Cl)cccc1Cl)c1cccc(Cl)c1. The van der Waals surface area contributed by atoms with E-state index in [1.807, 2.05) is 0 Å². The molecule has 0 fully saturated rings. The molecule has 2 aromatic carbocycles. The van der Waals surface area contributed by atoms with Crippen molar-refractivity contribution in [1.29, 1.82) is 0 Å². The predicted molar refractivity (Wildman–Crippen MR) is 79.0 cm³/mol. The second-order valence-corrected chi connectivity index (χ2v) is 4.94. The van der Waals surface area contributed by atoms with Gasteiger partial charge in [-0.15, -0.1) is 0 Å². The first-order valence-electron chi connectivity index (χ1n) is 5.34. The monoisotopic (exact) mass is 314 g/mol. The first-order valence-corrected chi connectivity index (χ1v) is 6.47. The molecule has 19 heavy (non-hydrogen) atoms. The van der Waals surface area contributed by atoms with Gasteiger partial charge in [0.2, 0.25) is 0 Å². The average molecular weight is 316 g/mol.